The molecule has 0 aliphatic carbocycles. The predicted molar refractivity (Wildman–Crippen MR) is 108 cm³/mol. The smallest absolute Gasteiger partial charge is 0.119 e. The molecular weight excluding hydrogens is 296 g/mol. The number of hydrogen-bond donors (Lipinski definition) is 2. The number of benzene rings is 1. The summed E-state index contributed by atoms with van der Waals surface area (Å²) in [7, 11) is 0. The number of phenols is 1. The molecule has 0 fully saturated rings. The third-order valence-corrected chi connectivity index (χ3v) is 3.68. The SMILES string of the molecule is CC.CC.CCC(=C/C(Cc1cc(CC)ccc1O)=C(\C)O)CC. The molecule has 0 saturated carbocycles. The van der Waals surface area contributed by atoms with Crippen molar-refractivity contribution in [2.45, 2.75) is 81.1 Å². The van der Waals surface area contributed by atoms with Crippen LogP contribution in [0.5, 0.6) is 5.75 Å². The number of aliphatic hydroxyl groups excluding tert-OH is 1. The fraction of sp³-hybridized carbons (Fsp3) is 0.545. The van der Waals surface area contributed by atoms with Crippen LogP contribution in [-0.4, -0.2) is 10.2 Å². The van der Waals surface area contributed by atoms with Gasteiger partial charge in [-0.25, -0.2) is 0 Å². The zero-order chi connectivity index (χ0) is 19.1. The molecule has 1 aromatic carbocycles. The topological polar surface area (TPSA) is 40.5 Å². The van der Waals surface area contributed by atoms with Crippen LogP contribution in [0.25, 0.3) is 0 Å². The van der Waals surface area contributed by atoms with Crippen LogP contribution < -0.4 is 0 Å². The zero-order valence-corrected chi connectivity index (χ0v) is 17.0. The maximum absolute atomic E-state index is 9.98. The molecule has 1 rings (SSSR count). The molecule has 2 heteroatoms. The molecule has 2 N–H and O–H groups in total. The minimum Gasteiger partial charge on any atom is -0.512 e. The molecule has 1 aromatic rings. The quantitative estimate of drug-likeness (QED) is 0.429. The van der Waals surface area contributed by atoms with Gasteiger partial charge in [-0.15, -0.1) is 0 Å². The van der Waals surface area contributed by atoms with E-state index in [1.807, 2.05) is 39.8 Å². The second kappa shape index (κ2) is 14.9. The van der Waals surface area contributed by atoms with Crippen molar-refractivity contribution >= 4 is 0 Å². The lowest BCUT2D eigenvalue weighted by molar-refractivity contribution is 0.407. The summed E-state index contributed by atoms with van der Waals surface area (Å²) < 4.78 is 0. The summed E-state index contributed by atoms with van der Waals surface area (Å²) in [5.74, 6) is 0.620. The fourth-order valence-corrected chi connectivity index (χ4v) is 2.19. The van der Waals surface area contributed by atoms with Crippen molar-refractivity contribution in [3.8, 4) is 5.75 Å². The van der Waals surface area contributed by atoms with Crippen molar-refractivity contribution in [3.63, 3.8) is 0 Å². The lowest BCUT2D eigenvalue weighted by atomic mass is 9.97. The summed E-state index contributed by atoms with van der Waals surface area (Å²) in [6, 6.07) is 5.69. The van der Waals surface area contributed by atoms with Gasteiger partial charge in [-0.1, -0.05) is 72.2 Å². The van der Waals surface area contributed by atoms with Crippen LogP contribution >= 0.6 is 0 Å². The highest BCUT2D eigenvalue weighted by molar-refractivity contribution is 5.41. The van der Waals surface area contributed by atoms with Gasteiger partial charge in [0.05, 0.1) is 5.76 Å². The van der Waals surface area contributed by atoms with Crippen LogP contribution in [-0.2, 0) is 12.8 Å². The molecule has 0 heterocycles. The minimum absolute atomic E-state index is 0.295. The second-order valence-corrected chi connectivity index (χ2v) is 5.11. The number of aryl methyl sites for hydroxylation is 1. The Morgan fingerprint density at radius 3 is 1.96 bits per heavy atom. The molecular formula is C22H38O2. The van der Waals surface area contributed by atoms with Gasteiger partial charge < -0.3 is 10.2 Å². The molecule has 0 aliphatic rings. The summed E-state index contributed by atoms with van der Waals surface area (Å²) in [6.07, 6.45) is 5.52. The zero-order valence-electron chi connectivity index (χ0n) is 17.0. The largest absolute Gasteiger partial charge is 0.512 e. The summed E-state index contributed by atoms with van der Waals surface area (Å²) in [6.45, 7) is 16.0. The van der Waals surface area contributed by atoms with Gasteiger partial charge in [0, 0.05) is 6.42 Å². The van der Waals surface area contributed by atoms with E-state index in [0.717, 1.165) is 30.4 Å². The molecule has 0 spiro atoms. The Morgan fingerprint density at radius 2 is 1.54 bits per heavy atom. The first kappa shape index (κ1) is 24.6. The average molecular weight is 335 g/mol. The first-order chi connectivity index (χ1) is 11.5. The third-order valence-electron chi connectivity index (χ3n) is 3.68. The molecule has 0 saturated heterocycles. The Balaban J connectivity index is 0. The van der Waals surface area contributed by atoms with Crippen LogP contribution in [0.2, 0.25) is 0 Å². The van der Waals surface area contributed by atoms with Crippen molar-refractivity contribution in [2.24, 2.45) is 0 Å². The number of phenolic OH excluding ortho intramolecular Hbond substituents is 1. The summed E-state index contributed by atoms with van der Waals surface area (Å²) in [5, 5.41) is 19.9. The van der Waals surface area contributed by atoms with Crippen LogP contribution in [0, 0.1) is 0 Å². The molecule has 0 radical (unpaired) electrons. The molecule has 0 aromatic heterocycles. The van der Waals surface area contributed by atoms with Crippen molar-refractivity contribution < 1.29 is 10.2 Å². The first-order valence-electron chi connectivity index (χ1n) is 9.40. The van der Waals surface area contributed by atoms with E-state index in [4.69, 9.17) is 0 Å². The highest BCUT2D eigenvalue weighted by Crippen LogP contribution is 2.24. The van der Waals surface area contributed by atoms with E-state index in [1.54, 1.807) is 13.0 Å². The first-order valence-corrected chi connectivity index (χ1v) is 9.40. The second-order valence-electron chi connectivity index (χ2n) is 5.11. The van der Waals surface area contributed by atoms with Crippen molar-refractivity contribution in [1.29, 1.82) is 0 Å². The number of rotatable bonds is 6. The third kappa shape index (κ3) is 8.81. The van der Waals surface area contributed by atoms with Gasteiger partial charge in [-0.3, -0.25) is 0 Å². The predicted octanol–water partition coefficient (Wildman–Crippen LogP) is 7.13. The van der Waals surface area contributed by atoms with E-state index >= 15 is 0 Å². The highest BCUT2D eigenvalue weighted by Gasteiger charge is 2.08. The van der Waals surface area contributed by atoms with Gasteiger partial charge in [-0.05, 0) is 49.0 Å². The van der Waals surface area contributed by atoms with Gasteiger partial charge in [-0.2, -0.15) is 0 Å². The van der Waals surface area contributed by atoms with Gasteiger partial charge >= 0.3 is 0 Å². The van der Waals surface area contributed by atoms with Gasteiger partial charge in [0.1, 0.15) is 5.75 Å². The molecule has 138 valence electrons. The lowest BCUT2D eigenvalue weighted by Gasteiger charge is -2.10. The highest BCUT2D eigenvalue weighted by atomic mass is 16.3. The Labute approximate surface area is 149 Å². The van der Waals surface area contributed by atoms with Crippen LogP contribution in [0.15, 0.2) is 41.2 Å². The van der Waals surface area contributed by atoms with E-state index in [2.05, 4.69) is 26.8 Å². The maximum atomic E-state index is 9.98. The molecule has 0 aliphatic heterocycles. The molecule has 0 unspecified atom stereocenters. The Morgan fingerprint density at radius 1 is 1.00 bits per heavy atom. The van der Waals surface area contributed by atoms with E-state index in [-0.39, 0.29) is 0 Å². The van der Waals surface area contributed by atoms with Crippen molar-refractivity contribution in [3.05, 3.63) is 52.3 Å². The normalized spacial score (nSPS) is 10.5. The van der Waals surface area contributed by atoms with E-state index in [1.165, 1.54) is 11.1 Å². The van der Waals surface area contributed by atoms with Crippen LogP contribution in [0.1, 0.15) is 79.4 Å². The van der Waals surface area contributed by atoms with Crippen LogP contribution in [0.4, 0.5) is 0 Å². The van der Waals surface area contributed by atoms with Gasteiger partial charge in [0.15, 0.2) is 0 Å². The van der Waals surface area contributed by atoms with Crippen LogP contribution in [0.3, 0.4) is 0 Å². The Hall–Kier alpha value is -1.70. The Kier molecular flexibility index (Phi) is 15.2. The fourth-order valence-electron chi connectivity index (χ4n) is 2.19. The molecule has 2 nitrogen and oxygen atoms in total. The van der Waals surface area contributed by atoms with Gasteiger partial charge in [0.2, 0.25) is 0 Å². The minimum atomic E-state index is 0.295. The van der Waals surface area contributed by atoms with Gasteiger partial charge in [0.25, 0.3) is 0 Å². The van der Waals surface area contributed by atoms with E-state index in [0.29, 0.717) is 17.9 Å². The molecule has 0 bridgehead atoms. The lowest BCUT2D eigenvalue weighted by Crippen LogP contribution is -1.96. The molecule has 0 amide bonds. The number of aliphatic hydroxyl groups is 1. The molecule has 24 heavy (non-hydrogen) atoms. The van der Waals surface area contributed by atoms with Crippen molar-refractivity contribution in [1.82, 2.24) is 0 Å². The van der Waals surface area contributed by atoms with E-state index < -0.39 is 0 Å². The number of aromatic hydroxyl groups is 1. The standard InChI is InChI=1S/C18H26O2.2C2H6/c1-5-14(6-2)10-16(13(4)19)12-17-11-15(7-3)8-9-18(17)20;2*1-2/h8-11,19-20H,5-7,12H2,1-4H3;2*1-2H3/b16-13-;;. The summed E-state index contributed by atoms with van der Waals surface area (Å²) in [4.78, 5) is 0. The number of allylic oxidation sites excluding steroid dienone is 4. The average Bonchev–Trinajstić information content (AvgIpc) is 2.63. The summed E-state index contributed by atoms with van der Waals surface area (Å²) in [5.41, 5.74) is 4.25. The maximum Gasteiger partial charge on any atom is 0.119 e. The monoisotopic (exact) mass is 334 g/mol. The number of hydrogen-bond acceptors (Lipinski definition) is 2. The van der Waals surface area contributed by atoms with Crippen molar-refractivity contribution in [2.75, 3.05) is 0 Å². The van der Waals surface area contributed by atoms with E-state index in [9.17, 15) is 10.2 Å². The Bertz CT molecular complexity index is 501. The summed E-state index contributed by atoms with van der Waals surface area (Å²) >= 11 is 0. The molecule has 0 atom stereocenters.